The summed E-state index contributed by atoms with van der Waals surface area (Å²) in [7, 11) is 2.19. The van der Waals surface area contributed by atoms with E-state index < -0.39 is 0 Å². The number of rotatable bonds is 8. The third-order valence-corrected chi connectivity index (χ3v) is 6.83. The lowest BCUT2D eigenvalue weighted by atomic mass is 9.96. The summed E-state index contributed by atoms with van der Waals surface area (Å²) in [6.45, 7) is 10.5. The normalized spacial score (nSPS) is 21.6. The molecule has 0 aromatic carbocycles. The van der Waals surface area contributed by atoms with Crippen molar-refractivity contribution in [2.45, 2.75) is 45.6 Å². The molecule has 1 unspecified atom stereocenters. The molecule has 0 bridgehead atoms. The van der Waals surface area contributed by atoms with Gasteiger partial charge in [0.2, 0.25) is 0 Å². The van der Waals surface area contributed by atoms with Crippen LogP contribution in [0.1, 0.15) is 43.9 Å². The third-order valence-electron chi connectivity index (χ3n) is 5.97. The van der Waals surface area contributed by atoms with E-state index in [0.717, 1.165) is 51.3 Å². The molecule has 1 atom stereocenters. The topological polar surface area (TPSA) is 40.1 Å². The Kier molecular flexibility index (Phi) is 11.9. The largest absolute Gasteiger partial charge is 0.381 e. The highest BCUT2D eigenvalue weighted by molar-refractivity contribution is 14.0. The van der Waals surface area contributed by atoms with Crippen molar-refractivity contribution in [2.24, 2.45) is 16.8 Å². The van der Waals surface area contributed by atoms with Crippen LogP contribution in [-0.2, 0) is 11.3 Å². The number of ether oxygens (including phenoxy) is 1. The summed E-state index contributed by atoms with van der Waals surface area (Å²) in [4.78, 5) is 11.4. The molecule has 29 heavy (non-hydrogen) atoms. The quantitative estimate of drug-likeness (QED) is 0.307. The summed E-state index contributed by atoms with van der Waals surface area (Å²) >= 11 is 1.87. The summed E-state index contributed by atoms with van der Waals surface area (Å²) in [5, 5.41) is 5.68. The molecular formula is C22H39IN4OS. The van der Waals surface area contributed by atoms with Gasteiger partial charge >= 0.3 is 0 Å². The Morgan fingerprint density at radius 3 is 2.86 bits per heavy atom. The predicted molar refractivity (Wildman–Crippen MR) is 135 cm³/mol. The van der Waals surface area contributed by atoms with Crippen LogP contribution >= 0.6 is 35.3 Å². The van der Waals surface area contributed by atoms with Crippen molar-refractivity contribution in [1.29, 1.82) is 0 Å². The van der Waals surface area contributed by atoms with E-state index in [4.69, 9.17) is 9.73 Å². The van der Waals surface area contributed by atoms with E-state index in [9.17, 15) is 0 Å². The highest BCUT2D eigenvalue weighted by Gasteiger charge is 2.21. The average Bonchev–Trinajstić information content (AvgIpc) is 3.23. The zero-order valence-corrected chi connectivity index (χ0v) is 21.3. The molecule has 0 spiro atoms. The SMILES string of the molecule is CCNC(=NCC1CCCN(Cc2cccs2)C1)N(C)CCC1CCOCC1.I. The Morgan fingerprint density at radius 1 is 1.31 bits per heavy atom. The van der Waals surface area contributed by atoms with E-state index in [2.05, 4.69) is 46.6 Å². The van der Waals surface area contributed by atoms with E-state index in [1.165, 1.54) is 50.1 Å². The van der Waals surface area contributed by atoms with Gasteiger partial charge in [-0.15, -0.1) is 35.3 Å². The maximum atomic E-state index is 5.49. The molecule has 0 saturated carbocycles. The Balaban J connectivity index is 0.00000300. The second-order valence-electron chi connectivity index (χ2n) is 8.28. The number of hydrogen-bond acceptors (Lipinski definition) is 4. The first-order chi connectivity index (χ1) is 13.7. The molecule has 1 aromatic rings. The lowest BCUT2D eigenvalue weighted by molar-refractivity contribution is 0.0625. The predicted octanol–water partition coefficient (Wildman–Crippen LogP) is 4.29. The van der Waals surface area contributed by atoms with Crippen LogP contribution in [0.15, 0.2) is 22.5 Å². The lowest BCUT2D eigenvalue weighted by Crippen LogP contribution is -2.41. The summed E-state index contributed by atoms with van der Waals surface area (Å²) in [5.41, 5.74) is 0. The smallest absolute Gasteiger partial charge is 0.193 e. The summed E-state index contributed by atoms with van der Waals surface area (Å²) < 4.78 is 5.49. The fourth-order valence-corrected chi connectivity index (χ4v) is 5.02. The second-order valence-corrected chi connectivity index (χ2v) is 9.32. The van der Waals surface area contributed by atoms with Gasteiger partial charge in [-0.05, 0) is 68.9 Å². The Bertz CT molecular complexity index is 577. The molecule has 7 heteroatoms. The minimum Gasteiger partial charge on any atom is -0.381 e. The molecule has 1 aromatic heterocycles. The number of aliphatic imine (C=N–C) groups is 1. The van der Waals surface area contributed by atoms with Gasteiger partial charge in [0.05, 0.1) is 0 Å². The Morgan fingerprint density at radius 2 is 2.14 bits per heavy atom. The molecule has 0 radical (unpaired) electrons. The number of hydrogen-bond donors (Lipinski definition) is 1. The van der Waals surface area contributed by atoms with Gasteiger partial charge in [-0.3, -0.25) is 9.89 Å². The van der Waals surface area contributed by atoms with Crippen molar-refractivity contribution >= 4 is 41.3 Å². The van der Waals surface area contributed by atoms with Crippen LogP contribution in [0.5, 0.6) is 0 Å². The van der Waals surface area contributed by atoms with Crippen molar-refractivity contribution in [1.82, 2.24) is 15.1 Å². The zero-order chi connectivity index (χ0) is 19.6. The number of halogens is 1. The van der Waals surface area contributed by atoms with Gasteiger partial charge in [0, 0.05) is 57.9 Å². The van der Waals surface area contributed by atoms with Gasteiger partial charge in [-0.25, -0.2) is 0 Å². The highest BCUT2D eigenvalue weighted by Crippen LogP contribution is 2.21. The molecule has 2 aliphatic rings. The van der Waals surface area contributed by atoms with E-state index in [-0.39, 0.29) is 24.0 Å². The highest BCUT2D eigenvalue weighted by atomic mass is 127. The second kappa shape index (κ2) is 13.8. The Labute approximate surface area is 198 Å². The third kappa shape index (κ3) is 8.71. The van der Waals surface area contributed by atoms with Gasteiger partial charge in [-0.2, -0.15) is 0 Å². The minimum atomic E-state index is 0. The maximum absolute atomic E-state index is 5.49. The average molecular weight is 535 g/mol. The van der Waals surface area contributed by atoms with E-state index in [1.807, 2.05) is 11.3 Å². The molecule has 166 valence electrons. The standard InChI is InChI=1S/C22H38N4OS.HI/c1-3-23-22(25(2)12-8-19-9-13-27-14-10-19)24-16-20-6-4-11-26(17-20)18-21-7-5-15-28-21;/h5,7,15,19-20H,3-4,6,8-14,16-18H2,1-2H3,(H,23,24);1H. The first-order valence-corrected chi connectivity index (χ1v) is 11.9. The summed E-state index contributed by atoms with van der Waals surface area (Å²) in [6.07, 6.45) is 6.26. The van der Waals surface area contributed by atoms with Crippen molar-refractivity contribution in [3.8, 4) is 0 Å². The monoisotopic (exact) mass is 534 g/mol. The fourth-order valence-electron chi connectivity index (χ4n) is 4.27. The van der Waals surface area contributed by atoms with E-state index in [0.29, 0.717) is 5.92 Å². The van der Waals surface area contributed by atoms with Gasteiger partial charge in [0.1, 0.15) is 0 Å². The summed E-state index contributed by atoms with van der Waals surface area (Å²) in [5.74, 6) is 2.56. The van der Waals surface area contributed by atoms with Gasteiger partial charge in [0.15, 0.2) is 5.96 Å². The molecule has 0 aliphatic carbocycles. The molecule has 2 saturated heterocycles. The molecule has 1 N–H and O–H groups in total. The number of piperidine rings is 1. The van der Waals surface area contributed by atoms with Gasteiger partial charge in [-0.1, -0.05) is 6.07 Å². The molecule has 0 amide bonds. The van der Waals surface area contributed by atoms with Crippen LogP contribution in [0.4, 0.5) is 0 Å². The van der Waals surface area contributed by atoms with Crippen molar-refractivity contribution in [3.05, 3.63) is 22.4 Å². The molecule has 3 rings (SSSR count). The first kappa shape index (κ1) is 24.9. The molecular weight excluding hydrogens is 495 g/mol. The van der Waals surface area contributed by atoms with E-state index in [1.54, 1.807) is 0 Å². The number of nitrogens with zero attached hydrogens (tertiary/aromatic N) is 3. The number of nitrogens with one attached hydrogen (secondary N) is 1. The molecule has 2 fully saturated rings. The van der Waals surface area contributed by atoms with Crippen molar-refractivity contribution in [2.75, 3.05) is 53.0 Å². The lowest BCUT2D eigenvalue weighted by Gasteiger charge is -2.32. The zero-order valence-electron chi connectivity index (χ0n) is 18.1. The number of guanidine groups is 1. The minimum absolute atomic E-state index is 0. The van der Waals surface area contributed by atoms with Crippen LogP contribution in [0, 0.1) is 11.8 Å². The van der Waals surface area contributed by atoms with Gasteiger partial charge in [0.25, 0.3) is 0 Å². The fraction of sp³-hybridized carbons (Fsp3) is 0.773. The molecule has 3 heterocycles. The van der Waals surface area contributed by atoms with Crippen molar-refractivity contribution < 1.29 is 4.74 Å². The van der Waals surface area contributed by atoms with Crippen molar-refractivity contribution in [3.63, 3.8) is 0 Å². The van der Waals surface area contributed by atoms with E-state index >= 15 is 0 Å². The van der Waals surface area contributed by atoms with Crippen LogP contribution in [0.3, 0.4) is 0 Å². The maximum Gasteiger partial charge on any atom is 0.193 e. The number of thiophene rings is 1. The van der Waals surface area contributed by atoms with Crippen LogP contribution in [0.2, 0.25) is 0 Å². The summed E-state index contributed by atoms with van der Waals surface area (Å²) in [6, 6.07) is 4.41. The first-order valence-electron chi connectivity index (χ1n) is 11.1. The number of likely N-dealkylation sites (tertiary alicyclic amines) is 1. The van der Waals surface area contributed by atoms with Crippen LogP contribution in [0.25, 0.3) is 0 Å². The van der Waals surface area contributed by atoms with Crippen LogP contribution in [-0.4, -0.2) is 68.7 Å². The molecule has 5 nitrogen and oxygen atoms in total. The van der Waals surface area contributed by atoms with Crippen LogP contribution < -0.4 is 5.32 Å². The Hall–Kier alpha value is -0.380. The van der Waals surface area contributed by atoms with Gasteiger partial charge < -0.3 is 15.0 Å². The molecule has 2 aliphatic heterocycles.